The summed E-state index contributed by atoms with van der Waals surface area (Å²) in [6, 6.07) is 0.711. The first-order chi connectivity index (χ1) is 5.74. The second-order valence-electron chi connectivity index (χ2n) is 4.20. The molecule has 1 atom stereocenters. The maximum absolute atomic E-state index is 3.43. The van der Waals surface area contributed by atoms with E-state index in [1.54, 1.807) is 0 Å². The molecule has 0 aromatic heterocycles. The first-order valence-corrected chi connectivity index (χ1v) is 5.06. The molecule has 1 N–H and O–H groups in total. The quantitative estimate of drug-likeness (QED) is 0.684. The van der Waals surface area contributed by atoms with E-state index in [0.29, 0.717) is 6.04 Å². The van der Waals surface area contributed by atoms with Gasteiger partial charge in [0.25, 0.3) is 0 Å². The SMILES string of the molecule is CNC(CN(C)C)C1CCCC1. The molecule has 12 heavy (non-hydrogen) atoms. The number of rotatable bonds is 4. The van der Waals surface area contributed by atoms with Crippen LogP contribution < -0.4 is 5.32 Å². The van der Waals surface area contributed by atoms with E-state index >= 15 is 0 Å². The average molecular weight is 170 g/mol. The zero-order valence-electron chi connectivity index (χ0n) is 8.64. The predicted octanol–water partition coefficient (Wildman–Crippen LogP) is 1.33. The lowest BCUT2D eigenvalue weighted by Gasteiger charge is -2.25. The van der Waals surface area contributed by atoms with E-state index in [4.69, 9.17) is 0 Å². The van der Waals surface area contributed by atoms with Crippen molar-refractivity contribution in [2.24, 2.45) is 5.92 Å². The fourth-order valence-corrected chi connectivity index (χ4v) is 2.23. The van der Waals surface area contributed by atoms with Crippen LogP contribution in [0.15, 0.2) is 0 Å². The molecule has 72 valence electrons. The Morgan fingerprint density at radius 1 is 1.33 bits per heavy atom. The minimum Gasteiger partial charge on any atom is -0.315 e. The molecule has 0 aliphatic heterocycles. The van der Waals surface area contributed by atoms with Crippen LogP contribution in [0.4, 0.5) is 0 Å². The van der Waals surface area contributed by atoms with Crippen molar-refractivity contribution in [3.05, 3.63) is 0 Å². The number of hydrogen-bond donors (Lipinski definition) is 1. The Bertz CT molecular complexity index is 117. The summed E-state index contributed by atoms with van der Waals surface area (Å²) in [6.45, 7) is 1.18. The first-order valence-electron chi connectivity index (χ1n) is 5.06. The Balaban J connectivity index is 2.32. The van der Waals surface area contributed by atoms with Gasteiger partial charge in [0.1, 0.15) is 0 Å². The largest absolute Gasteiger partial charge is 0.315 e. The van der Waals surface area contributed by atoms with Crippen LogP contribution in [0.25, 0.3) is 0 Å². The van der Waals surface area contributed by atoms with Crippen molar-refractivity contribution in [2.45, 2.75) is 31.7 Å². The summed E-state index contributed by atoms with van der Waals surface area (Å²) in [5.74, 6) is 0.928. The molecule has 0 bridgehead atoms. The maximum Gasteiger partial charge on any atom is 0.0219 e. The van der Waals surface area contributed by atoms with Crippen molar-refractivity contribution < 1.29 is 0 Å². The van der Waals surface area contributed by atoms with Gasteiger partial charge in [0, 0.05) is 12.6 Å². The van der Waals surface area contributed by atoms with Crippen molar-refractivity contribution in [1.29, 1.82) is 0 Å². The van der Waals surface area contributed by atoms with Gasteiger partial charge in [-0.15, -0.1) is 0 Å². The monoisotopic (exact) mass is 170 g/mol. The van der Waals surface area contributed by atoms with E-state index in [1.165, 1.54) is 32.2 Å². The van der Waals surface area contributed by atoms with Gasteiger partial charge in [-0.05, 0) is 39.9 Å². The zero-order chi connectivity index (χ0) is 8.97. The second kappa shape index (κ2) is 4.83. The van der Waals surface area contributed by atoms with Crippen LogP contribution in [-0.4, -0.2) is 38.6 Å². The van der Waals surface area contributed by atoms with Crippen LogP contribution in [0.5, 0.6) is 0 Å². The van der Waals surface area contributed by atoms with Crippen LogP contribution in [0.3, 0.4) is 0 Å². The second-order valence-corrected chi connectivity index (χ2v) is 4.20. The molecule has 1 unspecified atom stereocenters. The summed E-state index contributed by atoms with van der Waals surface area (Å²) >= 11 is 0. The van der Waals surface area contributed by atoms with E-state index in [0.717, 1.165) is 5.92 Å². The first kappa shape index (κ1) is 10.0. The molecule has 0 saturated heterocycles. The lowest BCUT2D eigenvalue weighted by molar-refractivity contribution is 0.281. The third kappa shape index (κ3) is 2.76. The normalized spacial score (nSPS) is 22.0. The van der Waals surface area contributed by atoms with Crippen molar-refractivity contribution in [1.82, 2.24) is 10.2 Å². The number of nitrogens with zero attached hydrogens (tertiary/aromatic N) is 1. The Morgan fingerprint density at radius 2 is 1.92 bits per heavy atom. The molecule has 0 radical (unpaired) electrons. The minimum absolute atomic E-state index is 0.711. The van der Waals surface area contributed by atoms with E-state index in [2.05, 4.69) is 31.4 Å². The molecule has 2 heteroatoms. The van der Waals surface area contributed by atoms with Gasteiger partial charge >= 0.3 is 0 Å². The highest BCUT2D eigenvalue weighted by Gasteiger charge is 2.23. The van der Waals surface area contributed by atoms with Crippen LogP contribution >= 0.6 is 0 Å². The van der Waals surface area contributed by atoms with E-state index in [-0.39, 0.29) is 0 Å². The standard InChI is InChI=1S/C10H22N2/c1-11-10(8-12(2)3)9-6-4-5-7-9/h9-11H,4-8H2,1-3H3. The molecule has 2 nitrogen and oxygen atoms in total. The van der Waals surface area contributed by atoms with Crippen LogP contribution in [0, 0.1) is 5.92 Å². The van der Waals surface area contributed by atoms with Crippen LogP contribution in [0.1, 0.15) is 25.7 Å². The van der Waals surface area contributed by atoms with Gasteiger partial charge < -0.3 is 10.2 Å². The summed E-state index contributed by atoms with van der Waals surface area (Å²) in [6.07, 6.45) is 5.74. The van der Waals surface area contributed by atoms with Gasteiger partial charge in [0.2, 0.25) is 0 Å². The van der Waals surface area contributed by atoms with Gasteiger partial charge in [0.15, 0.2) is 0 Å². The van der Waals surface area contributed by atoms with E-state index in [1.807, 2.05) is 0 Å². The molecule has 1 fully saturated rings. The summed E-state index contributed by atoms with van der Waals surface area (Å²) in [7, 11) is 6.39. The van der Waals surface area contributed by atoms with Gasteiger partial charge in [-0.25, -0.2) is 0 Å². The molecular weight excluding hydrogens is 148 g/mol. The molecule has 0 spiro atoms. The third-order valence-electron chi connectivity index (χ3n) is 2.90. The van der Waals surface area contributed by atoms with Crippen molar-refractivity contribution in [3.8, 4) is 0 Å². The molecule has 1 saturated carbocycles. The lowest BCUT2D eigenvalue weighted by atomic mass is 9.98. The Labute approximate surface area is 76.3 Å². The molecule has 0 aromatic rings. The number of likely N-dealkylation sites (N-methyl/N-ethyl adjacent to an activating group) is 2. The highest BCUT2D eigenvalue weighted by Crippen LogP contribution is 2.27. The fraction of sp³-hybridized carbons (Fsp3) is 1.00. The molecule has 1 rings (SSSR count). The smallest absolute Gasteiger partial charge is 0.0219 e. The fourth-order valence-electron chi connectivity index (χ4n) is 2.23. The topological polar surface area (TPSA) is 15.3 Å². The molecular formula is C10H22N2. The van der Waals surface area contributed by atoms with Gasteiger partial charge in [-0.2, -0.15) is 0 Å². The van der Waals surface area contributed by atoms with E-state index in [9.17, 15) is 0 Å². The van der Waals surface area contributed by atoms with Gasteiger partial charge in [-0.3, -0.25) is 0 Å². The molecule has 1 aliphatic carbocycles. The molecule has 0 heterocycles. The summed E-state index contributed by atoms with van der Waals surface area (Å²) in [5, 5.41) is 3.43. The Morgan fingerprint density at radius 3 is 2.33 bits per heavy atom. The summed E-state index contributed by atoms with van der Waals surface area (Å²) < 4.78 is 0. The average Bonchev–Trinajstić information content (AvgIpc) is 2.51. The molecule has 0 amide bonds. The van der Waals surface area contributed by atoms with Gasteiger partial charge in [-0.1, -0.05) is 12.8 Å². The number of hydrogen-bond acceptors (Lipinski definition) is 2. The third-order valence-corrected chi connectivity index (χ3v) is 2.90. The predicted molar refractivity (Wildman–Crippen MR) is 53.4 cm³/mol. The van der Waals surface area contributed by atoms with Gasteiger partial charge in [0.05, 0.1) is 0 Å². The zero-order valence-corrected chi connectivity index (χ0v) is 8.64. The minimum atomic E-state index is 0.711. The summed E-state index contributed by atoms with van der Waals surface area (Å²) in [5.41, 5.74) is 0. The lowest BCUT2D eigenvalue weighted by Crippen LogP contribution is -2.40. The maximum atomic E-state index is 3.43. The van der Waals surface area contributed by atoms with E-state index < -0.39 is 0 Å². The van der Waals surface area contributed by atoms with Crippen molar-refractivity contribution in [2.75, 3.05) is 27.7 Å². The Hall–Kier alpha value is -0.0800. The highest BCUT2D eigenvalue weighted by molar-refractivity contribution is 4.80. The van der Waals surface area contributed by atoms with Crippen molar-refractivity contribution in [3.63, 3.8) is 0 Å². The Kier molecular flexibility index (Phi) is 4.02. The molecule has 0 aromatic carbocycles. The van der Waals surface area contributed by atoms with Crippen LogP contribution in [-0.2, 0) is 0 Å². The highest BCUT2D eigenvalue weighted by atomic mass is 15.1. The van der Waals surface area contributed by atoms with Crippen LogP contribution in [0.2, 0.25) is 0 Å². The number of nitrogens with one attached hydrogen (secondary N) is 1. The molecule has 1 aliphatic rings. The summed E-state index contributed by atoms with van der Waals surface area (Å²) in [4.78, 5) is 2.28. The van der Waals surface area contributed by atoms with Crippen molar-refractivity contribution >= 4 is 0 Å².